The predicted octanol–water partition coefficient (Wildman–Crippen LogP) is 8.58. The van der Waals surface area contributed by atoms with Gasteiger partial charge in [0.2, 0.25) is 0 Å². The summed E-state index contributed by atoms with van der Waals surface area (Å²) in [5.74, 6) is 0.481. The van der Waals surface area contributed by atoms with Crippen LogP contribution < -0.4 is 10.2 Å². The van der Waals surface area contributed by atoms with Gasteiger partial charge in [-0.1, -0.05) is 120 Å². The lowest BCUT2D eigenvalue weighted by atomic mass is 9.88. The van der Waals surface area contributed by atoms with Gasteiger partial charge in [0.1, 0.15) is 5.75 Å². The maximum atomic E-state index is 11.9. The van der Waals surface area contributed by atoms with Crippen LogP contribution in [0.1, 0.15) is 73.8 Å². The Labute approximate surface area is 236 Å². The van der Waals surface area contributed by atoms with Crippen molar-refractivity contribution in [2.45, 2.75) is 63.9 Å². The summed E-state index contributed by atoms with van der Waals surface area (Å²) in [6.07, 6.45) is 7.59. The molecule has 0 aromatic heterocycles. The van der Waals surface area contributed by atoms with Crippen molar-refractivity contribution in [3.8, 4) is 5.75 Å². The van der Waals surface area contributed by atoms with E-state index in [0.29, 0.717) is 14.3 Å². The molecule has 5 rings (SSSR count). The molecule has 202 valence electrons. The third-order valence-corrected chi connectivity index (χ3v) is 9.86. The second kappa shape index (κ2) is 12.8. The number of piperidine rings is 1. The number of nitrogens with zero attached hydrogens (tertiary/aromatic N) is 1. The molecule has 0 spiro atoms. The quantitative estimate of drug-likeness (QED) is 0.206. The molecule has 3 heteroatoms. The number of phenols is 1. The maximum Gasteiger partial charge on any atom is 0.123 e. The zero-order valence-electron chi connectivity index (χ0n) is 23.5. The predicted molar refractivity (Wildman–Crippen MR) is 169 cm³/mol. The summed E-state index contributed by atoms with van der Waals surface area (Å²) in [4.78, 5) is 2.59. The van der Waals surface area contributed by atoms with Crippen LogP contribution in [0.2, 0.25) is 0 Å². The highest BCUT2D eigenvalue weighted by Gasteiger charge is 2.32. The first-order chi connectivity index (χ1) is 19.1. The van der Waals surface area contributed by atoms with Crippen molar-refractivity contribution in [3.05, 3.63) is 125 Å². The summed E-state index contributed by atoms with van der Waals surface area (Å²) in [5, 5.41) is 13.2. The van der Waals surface area contributed by atoms with E-state index in [1.807, 2.05) is 0 Å². The maximum absolute atomic E-state index is 11.9. The summed E-state index contributed by atoms with van der Waals surface area (Å²) in [6, 6.07) is 34.8. The second-order valence-corrected chi connectivity index (χ2v) is 13.1. The standard InChI is InChI=1S/C36H42NOP/c1-3-21-36(2,39-34-20-12-11-19-33(34)37-22-13-6-14-23-37)32-27-30(24-28-15-7-4-8-16-28)26-31(35(32)38)25-29-17-9-5-10-18-29/h4-5,7-12,15-20,26-27,38-39H,3,6,13-14,21-25H2,1-2H3. The Balaban J connectivity index is 1.57. The monoisotopic (exact) mass is 535 g/mol. The van der Waals surface area contributed by atoms with E-state index in [0.717, 1.165) is 49.9 Å². The van der Waals surface area contributed by atoms with Gasteiger partial charge in [-0.25, -0.2) is 0 Å². The molecule has 1 aliphatic rings. The molecular weight excluding hydrogens is 493 g/mol. The van der Waals surface area contributed by atoms with Crippen molar-refractivity contribution in [2.75, 3.05) is 18.0 Å². The van der Waals surface area contributed by atoms with Gasteiger partial charge in [-0.15, -0.1) is 0 Å². The lowest BCUT2D eigenvalue weighted by Gasteiger charge is -2.35. The van der Waals surface area contributed by atoms with Gasteiger partial charge in [-0.05, 0) is 65.7 Å². The fraction of sp³-hybridized carbons (Fsp3) is 0.333. The second-order valence-electron chi connectivity index (χ2n) is 11.2. The first-order valence-corrected chi connectivity index (χ1v) is 15.6. The van der Waals surface area contributed by atoms with Gasteiger partial charge in [0.15, 0.2) is 0 Å². The number of aromatic hydroxyl groups is 1. The van der Waals surface area contributed by atoms with Crippen LogP contribution in [-0.2, 0) is 18.0 Å². The molecule has 4 aromatic carbocycles. The Morgan fingerprint density at radius 3 is 2.03 bits per heavy atom. The van der Waals surface area contributed by atoms with Gasteiger partial charge in [0.25, 0.3) is 0 Å². The highest BCUT2D eigenvalue weighted by Crippen LogP contribution is 2.50. The molecule has 1 fully saturated rings. The summed E-state index contributed by atoms with van der Waals surface area (Å²) in [7, 11) is 0.579. The summed E-state index contributed by atoms with van der Waals surface area (Å²) in [5.41, 5.74) is 7.33. The molecule has 39 heavy (non-hydrogen) atoms. The minimum atomic E-state index is -0.150. The van der Waals surface area contributed by atoms with Crippen LogP contribution in [0.25, 0.3) is 0 Å². The van der Waals surface area contributed by atoms with E-state index >= 15 is 0 Å². The molecule has 1 aliphatic heterocycles. The molecule has 2 unspecified atom stereocenters. The lowest BCUT2D eigenvalue weighted by molar-refractivity contribution is 0.447. The molecule has 0 amide bonds. The number of para-hydroxylation sites is 1. The number of benzene rings is 4. The van der Waals surface area contributed by atoms with Crippen molar-refractivity contribution in [3.63, 3.8) is 0 Å². The third kappa shape index (κ3) is 6.74. The van der Waals surface area contributed by atoms with E-state index in [1.165, 1.54) is 46.9 Å². The number of hydrogen-bond donors (Lipinski definition) is 1. The van der Waals surface area contributed by atoms with Gasteiger partial charge in [-0.3, -0.25) is 0 Å². The SMILES string of the molecule is CCCC(C)(Pc1ccccc1N1CCCCC1)c1cc(Cc2ccccc2)cc(Cc2ccccc2)c1O. The number of anilines is 1. The Morgan fingerprint density at radius 1 is 0.744 bits per heavy atom. The van der Waals surface area contributed by atoms with Crippen LogP contribution in [-0.4, -0.2) is 18.2 Å². The van der Waals surface area contributed by atoms with Crippen LogP contribution in [0, 0.1) is 0 Å². The average molecular weight is 536 g/mol. The largest absolute Gasteiger partial charge is 0.507 e. The summed E-state index contributed by atoms with van der Waals surface area (Å²) < 4.78 is 0. The minimum absolute atomic E-state index is 0.150. The number of hydrogen-bond acceptors (Lipinski definition) is 2. The van der Waals surface area contributed by atoms with E-state index in [2.05, 4.69) is 116 Å². The van der Waals surface area contributed by atoms with Crippen LogP contribution in [0.5, 0.6) is 5.75 Å². The van der Waals surface area contributed by atoms with Crippen LogP contribution in [0.3, 0.4) is 0 Å². The fourth-order valence-corrected chi connectivity index (χ4v) is 7.96. The molecule has 1 heterocycles. The van der Waals surface area contributed by atoms with Crippen molar-refractivity contribution < 1.29 is 5.11 Å². The highest BCUT2D eigenvalue weighted by molar-refractivity contribution is 7.49. The van der Waals surface area contributed by atoms with Gasteiger partial charge >= 0.3 is 0 Å². The first kappa shape index (κ1) is 27.5. The average Bonchev–Trinajstić information content (AvgIpc) is 2.96. The van der Waals surface area contributed by atoms with Gasteiger partial charge in [-0.2, -0.15) is 0 Å². The zero-order valence-corrected chi connectivity index (χ0v) is 24.5. The first-order valence-electron chi connectivity index (χ1n) is 14.6. The van der Waals surface area contributed by atoms with E-state index < -0.39 is 0 Å². The molecule has 0 aliphatic carbocycles. The number of rotatable bonds is 10. The van der Waals surface area contributed by atoms with E-state index in [-0.39, 0.29) is 5.16 Å². The lowest BCUT2D eigenvalue weighted by Crippen LogP contribution is -2.33. The van der Waals surface area contributed by atoms with Gasteiger partial charge in [0.05, 0.1) is 0 Å². The smallest absolute Gasteiger partial charge is 0.123 e. The molecule has 4 aromatic rings. The van der Waals surface area contributed by atoms with Gasteiger partial charge < -0.3 is 10.0 Å². The Morgan fingerprint density at radius 2 is 1.36 bits per heavy atom. The Bertz CT molecular complexity index is 1350. The Hall–Kier alpha value is -3.09. The Kier molecular flexibility index (Phi) is 9.05. The summed E-state index contributed by atoms with van der Waals surface area (Å²) >= 11 is 0. The van der Waals surface area contributed by atoms with Crippen molar-refractivity contribution in [1.82, 2.24) is 0 Å². The van der Waals surface area contributed by atoms with Gasteiger partial charge in [0, 0.05) is 35.9 Å². The van der Waals surface area contributed by atoms with E-state index in [4.69, 9.17) is 0 Å². The molecule has 2 atom stereocenters. The third-order valence-electron chi connectivity index (χ3n) is 8.09. The van der Waals surface area contributed by atoms with Crippen molar-refractivity contribution >= 4 is 19.6 Å². The zero-order chi connectivity index (χ0) is 27.1. The molecule has 0 bridgehead atoms. The van der Waals surface area contributed by atoms with E-state index in [1.54, 1.807) is 0 Å². The van der Waals surface area contributed by atoms with Crippen LogP contribution in [0.15, 0.2) is 97.1 Å². The summed E-state index contributed by atoms with van der Waals surface area (Å²) in [6.45, 7) is 6.95. The normalized spacial score (nSPS) is 15.5. The molecule has 0 radical (unpaired) electrons. The number of phenolic OH excluding ortho intramolecular Hbond substituents is 1. The molecule has 0 saturated carbocycles. The molecular formula is C36H42NOP. The molecule has 1 saturated heterocycles. The fourth-order valence-electron chi connectivity index (χ4n) is 6.12. The molecule has 1 N–H and O–H groups in total. The topological polar surface area (TPSA) is 23.5 Å². The minimum Gasteiger partial charge on any atom is -0.507 e. The molecule has 2 nitrogen and oxygen atoms in total. The van der Waals surface area contributed by atoms with Crippen LogP contribution in [0.4, 0.5) is 5.69 Å². The highest BCUT2D eigenvalue weighted by atomic mass is 31.1. The van der Waals surface area contributed by atoms with Crippen LogP contribution >= 0.6 is 8.58 Å². The van der Waals surface area contributed by atoms with E-state index in [9.17, 15) is 5.11 Å². The van der Waals surface area contributed by atoms with Crippen molar-refractivity contribution in [1.29, 1.82) is 0 Å². The van der Waals surface area contributed by atoms with Crippen molar-refractivity contribution in [2.24, 2.45) is 0 Å².